The molecule has 16 heavy (non-hydrogen) atoms. The van der Waals surface area contributed by atoms with E-state index in [-0.39, 0.29) is 5.82 Å². The first kappa shape index (κ1) is 13.3. The smallest absolute Gasteiger partial charge is 0.124 e. The average molecular weight is 245 g/mol. The minimum absolute atomic E-state index is 0.306. The molecule has 0 aliphatic carbocycles. The first-order valence-corrected chi connectivity index (χ1v) is 5.96. The largest absolute Gasteiger partial charge is 0.383 e. The third kappa shape index (κ3) is 3.99. The maximum atomic E-state index is 12.8. The van der Waals surface area contributed by atoms with E-state index in [0.29, 0.717) is 5.02 Å². The second kappa shape index (κ2) is 6.71. The number of benzene rings is 1. The van der Waals surface area contributed by atoms with Crippen LogP contribution in [0.3, 0.4) is 0 Å². The lowest BCUT2D eigenvalue weighted by Gasteiger charge is -2.18. The lowest BCUT2D eigenvalue weighted by Crippen LogP contribution is -2.28. The minimum atomic E-state index is -0.306. The molecule has 1 aromatic carbocycles. The quantitative estimate of drug-likeness (QED) is 0.827. The molecule has 2 nitrogen and oxygen atoms in total. The van der Waals surface area contributed by atoms with Crippen molar-refractivity contribution >= 4 is 17.3 Å². The summed E-state index contributed by atoms with van der Waals surface area (Å²) in [7, 11) is 0. The second-order valence-corrected chi connectivity index (χ2v) is 3.99. The fraction of sp³-hybridized carbons (Fsp3) is 0.500. The Morgan fingerprint density at radius 2 is 2.00 bits per heavy atom. The van der Waals surface area contributed by atoms with Gasteiger partial charge in [-0.1, -0.05) is 25.4 Å². The molecular weight excluding hydrogens is 227 g/mol. The summed E-state index contributed by atoms with van der Waals surface area (Å²) in [5, 5.41) is 3.63. The summed E-state index contributed by atoms with van der Waals surface area (Å²) in [4.78, 5) is 2.31. The Hall–Kier alpha value is -0.800. The Bertz CT molecular complexity index is 327. The van der Waals surface area contributed by atoms with Crippen molar-refractivity contribution in [1.82, 2.24) is 4.90 Å². The van der Waals surface area contributed by atoms with E-state index in [1.54, 1.807) is 6.07 Å². The predicted molar refractivity (Wildman–Crippen MR) is 67.7 cm³/mol. The van der Waals surface area contributed by atoms with Gasteiger partial charge in [0.05, 0.1) is 10.7 Å². The van der Waals surface area contributed by atoms with E-state index in [1.165, 1.54) is 12.1 Å². The van der Waals surface area contributed by atoms with Crippen LogP contribution in [-0.4, -0.2) is 31.1 Å². The second-order valence-electron chi connectivity index (χ2n) is 3.58. The number of halogens is 2. The van der Waals surface area contributed by atoms with Gasteiger partial charge in [-0.25, -0.2) is 4.39 Å². The number of anilines is 1. The maximum absolute atomic E-state index is 12.8. The summed E-state index contributed by atoms with van der Waals surface area (Å²) < 4.78 is 12.8. The van der Waals surface area contributed by atoms with Gasteiger partial charge in [-0.15, -0.1) is 0 Å². The highest BCUT2D eigenvalue weighted by Crippen LogP contribution is 2.21. The Morgan fingerprint density at radius 3 is 2.56 bits per heavy atom. The molecule has 0 aromatic heterocycles. The van der Waals surface area contributed by atoms with Gasteiger partial charge in [0.25, 0.3) is 0 Å². The van der Waals surface area contributed by atoms with Gasteiger partial charge in [0.2, 0.25) is 0 Å². The van der Waals surface area contributed by atoms with Gasteiger partial charge in [-0.05, 0) is 31.3 Å². The van der Waals surface area contributed by atoms with E-state index >= 15 is 0 Å². The number of likely N-dealkylation sites (N-methyl/N-ethyl adjacent to an activating group) is 1. The van der Waals surface area contributed by atoms with E-state index in [1.807, 2.05) is 0 Å². The van der Waals surface area contributed by atoms with Crippen LogP contribution in [0.15, 0.2) is 18.2 Å². The van der Waals surface area contributed by atoms with Crippen molar-refractivity contribution in [3.63, 3.8) is 0 Å². The van der Waals surface area contributed by atoms with Crippen LogP contribution in [0.2, 0.25) is 5.02 Å². The molecule has 0 saturated carbocycles. The standard InChI is InChI=1S/C12H18ClFN2/c1-3-16(4-2)8-7-15-12-6-5-10(14)9-11(12)13/h5-6,9,15H,3-4,7-8H2,1-2H3. The zero-order chi connectivity index (χ0) is 12.0. The molecule has 1 aromatic rings. The molecular formula is C12H18ClFN2. The van der Waals surface area contributed by atoms with Crippen LogP contribution in [0.5, 0.6) is 0 Å². The molecule has 90 valence electrons. The fourth-order valence-corrected chi connectivity index (χ4v) is 1.76. The van der Waals surface area contributed by atoms with Crippen LogP contribution in [0.25, 0.3) is 0 Å². The molecule has 0 bridgehead atoms. The number of rotatable bonds is 6. The summed E-state index contributed by atoms with van der Waals surface area (Å²) >= 11 is 5.90. The highest BCUT2D eigenvalue weighted by Gasteiger charge is 2.02. The summed E-state index contributed by atoms with van der Waals surface area (Å²) in [5.74, 6) is -0.306. The summed E-state index contributed by atoms with van der Waals surface area (Å²) in [5.41, 5.74) is 0.787. The van der Waals surface area contributed by atoms with Gasteiger partial charge in [0.15, 0.2) is 0 Å². The molecule has 0 spiro atoms. The normalized spacial score (nSPS) is 10.8. The highest BCUT2D eigenvalue weighted by molar-refractivity contribution is 6.33. The van der Waals surface area contributed by atoms with Crippen molar-refractivity contribution in [2.75, 3.05) is 31.5 Å². The van der Waals surface area contributed by atoms with Gasteiger partial charge < -0.3 is 10.2 Å². The van der Waals surface area contributed by atoms with E-state index in [4.69, 9.17) is 11.6 Å². The topological polar surface area (TPSA) is 15.3 Å². The molecule has 4 heteroatoms. The van der Waals surface area contributed by atoms with E-state index in [0.717, 1.165) is 31.9 Å². The van der Waals surface area contributed by atoms with Crippen LogP contribution < -0.4 is 5.32 Å². The average Bonchev–Trinajstić information content (AvgIpc) is 2.27. The first-order valence-electron chi connectivity index (χ1n) is 5.58. The molecule has 0 fully saturated rings. The van der Waals surface area contributed by atoms with Gasteiger partial charge in [-0.3, -0.25) is 0 Å². The van der Waals surface area contributed by atoms with Crippen molar-refractivity contribution in [2.45, 2.75) is 13.8 Å². The summed E-state index contributed by atoms with van der Waals surface area (Å²) in [6.45, 7) is 8.11. The van der Waals surface area contributed by atoms with Gasteiger partial charge in [0.1, 0.15) is 5.82 Å². The molecule has 0 radical (unpaired) electrons. The zero-order valence-corrected chi connectivity index (χ0v) is 10.5. The fourth-order valence-electron chi connectivity index (χ4n) is 1.52. The van der Waals surface area contributed by atoms with E-state index < -0.39 is 0 Å². The monoisotopic (exact) mass is 244 g/mol. The van der Waals surface area contributed by atoms with Crippen molar-refractivity contribution in [3.8, 4) is 0 Å². The molecule has 0 aliphatic heterocycles. The third-order valence-corrected chi connectivity index (χ3v) is 2.88. The predicted octanol–water partition coefficient (Wildman–Crippen LogP) is 3.23. The molecule has 1 rings (SSSR count). The molecule has 0 aliphatic rings. The molecule has 0 amide bonds. The highest BCUT2D eigenvalue weighted by atomic mass is 35.5. The van der Waals surface area contributed by atoms with Crippen molar-refractivity contribution in [2.24, 2.45) is 0 Å². The molecule has 0 heterocycles. The van der Waals surface area contributed by atoms with Crippen LogP contribution in [0, 0.1) is 5.82 Å². The Kier molecular flexibility index (Phi) is 5.56. The lowest BCUT2D eigenvalue weighted by molar-refractivity contribution is 0.316. The SMILES string of the molecule is CCN(CC)CCNc1ccc(F)cc1Cl. The Morgan fingerprint density at radius 1 is 1.31 bits per heavy atom. The van der Waals surface area contributed by atoms with Gasteiger partial charge in [-0.2, -0.15) is 0 Å². The van der Waals surface area contributed by atoms with Crippen LogP contribution >= 0.6 is 11.6 Å². The van der Waals surface area contributed by atoms with E-state index in [2.05, 4.69) is 24.1 Å². The van der Waals surface area contributed by atoms with Crippen molar-refractivity contribution in [1.29, 1.82) is 0 Å². The van der Waals surface area contributed by atoms with Crippen LogP contribution in [-0.2, 0) is 0 Å². The Labute approximate surface area is 101 Å². The summed E-state index contributed by atoms with van der Waals surface area (Å²) in [6, 6.07) is 4.40. The van der Waals surface area contributed by atoms with Crippen molar-refractivity contribution < 1.29 is 4.39 Å². The zero-order valence-electron chi connectivity index (χ0n) is 9.76. The summed E-state index contributed by atoms with van der Waals surface area (Å²) in [6.07, 6.45) is 0. The van der Waals surface area contributed by atoms with Crippen molar-refractivity contribution in [3.05, 3.63) is 29.0 Å². The Balaban J connectivity index is 2.42. The lowest BCUT2D eigenvalue weighted by atomic mass is 10.3. The van der Waals surface area contributed by atoms with Gasteiger partial charge >= 0.3 is 0 Å². The minimum Gasteiger partial charge on any atom is -0.383 e. The molecule has 0 unspecified atom stereocenters. The third-order valence-electron chi connectivity index (χ3n) is 2.57. The van der Waals surface area contributed by atoms with Crippen LogP contribution in [0.4, 0.5) is 10.1 Å². The number of hydrogen-bond donors (Lipinski definition) is 1. The molecule has 0 saturated heterocycles. The first-order chi connectivity index (χ1) is 7.67. The molecule has 0 atom stereocenters. The number of nitrogens with one attached hydrogen (secondary N) is 1. The van der Waals surface area contributed by atoms with Gasteiger partial charge in [0, 0.05) is 13.1 Å². The maximum Gasteiger partial charge on any atom is 0.124 e. The number of nitrogens with zero attached hydrogens (tertiary/aromatic N) is 1. The van der Waals surface area contributed by atoms with Crippen LogP contribution in [0.1, 0.15) is 13.8 Å². The molecule has 1 N–H and O–H groups in total. The number of hydrogen-bond acceptors (Lipinski definition) is 2. The van der Waals surface area contributed by atoms with E-state index in [9.17, 15) is 4.39 Å².